The summed E-state index contributed by atoms with van der Waals surface area (Å²) in [6, 6.07) is 5.89. The maximum atomic E-state index is 10.4. The lowest BCUT2D eigenvalue weighted by Crippen LogP contribution is -2.29. The van der Waals surface area contributed by atoms with Crippen molar-refractivity contribution in [1.29, 1.82) is 0 Å². The molecule has 1 fully saturated rings. The number of hydrogen-bond donors (Lipinski definition) is 2. The molecule has 1 unspecified atom stereocenters. The average molecular weight is 273 g/mol. The SMILES string of the molecule is Cc1nc2ccccn2c1C(O)NCC1CCCCC1. The number of aryl methyl sites for hydroxylation is 1. The van der Waals surface area contributed by atoms with Crippen molar-refractivity contribution < 1.29 is 5.11 Å². The molecule has 2 heterocycles. The van der Waals surface area contributed by atoms with Crippen molar-refractivity contribution in [2.75, 3.05) is 6.54 Å². The van der Waals surface area contributed by atoms with Crippen molar-refractivity contribution in [1.82, 2.24) is 14.7 Å². The fraction of sp³-hybridized carbons (Fsp3) is 0.562. The number of rotatable bonds is 4. The van der Waals surface area contributed by atoms with Crippen LogP contribution < -0.4 is 5.32 Å². The van der Waals surface area contributed by atoms with Gasteiger partial charge in [-0.3, -0.25) is 9.72 Å². The number of hydrogen-bond acceptors (Lipinski definition) is 3. The summed E-state index contributed by atoms with van der Waals surface area (Å²) in [7, 11) is 0. The van der Waals surface area contributed by atoms with Crippen LogP contribution in [0.3, 0.4) is 0 Å². The van der Waals surface area contributed by atoms with Crippen LogP contribution in [0.15, 0.2) is 24.4 Å². The first-order valence-electron chi connectivity index (χ1n) is 7.61. The number of aliphatic hydroxyl groups is 1. The van der Waals surface area contributed by atoms with Gasteiger partial charge in [0, 0.05) is 12.7 Å². The monoisotopic (exact) mass is 273 g/mol. The van der Waals surface area contributed by atoms with Gasteiger partial charge in [0.05, 0.1) is 11.4 Å². The van der Waals surface area contributed by atoms with Crippen LogP contribution in [0.4, 0.5) is 0 Å². The molecule has 1 aliphatic rings. The molecule has 20 heavy (non-hydrogen) atoms. The second-order valence-corrected chi connectivity index (χ2v) is 5.83. The molecule has 2 aromatic rings. The molecule has 2 aromatic heterocycles. The van der Waals surface area contributed by atoms with Gasteiger partial charge in [0.25, 0.3) is 0 Å². The Hall–Kier alpha value is -1.39. The lowest BCUT2D eigenvalue weighted by Gasteiger charge is -2.23. The number of imidazole rings is 1. The molecule has 1 saturated carbocycles. The van der Waals surface area contributed by atoms with E-state index in [0.29, 0.717) is 5.92 Å². The van der Waals surface area contributed by atoms with Crippen molar-refractivity contribution in [3.05, 3.63) is 35.8 Å². The zero-order valence-corrected chi connectivity index (χ0v) is 12.0. The number of aliphatic hydroxyl groups excluding tert-OH is 1. The van der Waals surface area contributed by atoms with Gasteiger partial charge in [0.2, 0.25) is 0 Å². The van der Waals surface area contributed by atoms with Gasteiger partial charge in [0.1, 0.15) is 11.9 Å². The first-order valence-corrected chi connectivity index (χ1v) is 7.61. The molecule has 0 spiro atoms. The highest BCUT2D eigenvalue weighted by Crippen LogP contribution is 2.24. The minimum Gasteiger partial charge on any atom is -0.373 e. The molecule has 0 radical (unpaired) electrons. The summed E-state index contributed by atoms with van der Waals surface area (Å²) >= 11 is 0. The van der Waals surface area contributed by atoms with E-state index in [0.717, 1.165) is 23.6 Å². The molecule has 108 valence electrons. The third-order valence-electron chi connectivity index (χ3n) is 4.33. The van der Waals surface area contributed by atoms with E-state index >= 15 is 0 Å². The summed E-state index contributed by atoms with van der Waals surface area (Å²) in [6.45, 7) is 2.84. The lowest BCUT2D eigenvalue weighted by molar-refractivity contribution is 0.122. The van der Waals surface area contributed by atoms with Gasteiger partial charge in [-0.1, -0.05) is 25.3 Å². The summed E-state index contributed by atoms with van der Waals surface area (Å²) in [5.41, 5.74) is 2.63. The van der Waals surface area contributed by atoms with Crippen molar-refractivity contribution in [3.63, 3.8) is 0 Å². The van der Waals surface area contributed by atoms with Crippen LogP contribution in [-0.2, 0) is 0 Å². The number of nitrogens with one attached hydrogen (secondary N) is 1. The molecular weight excluding hydrogens is 250 g/mol. The van der Waals surface area contributed by atoms with Gasteiger partial charge >= 0.3 is 0 Å². The number of fused-ring (bicyclic) bond motifs is 1. The van der Waals surface area contributed by atoms with Gasteiger partial charge < -0.3 is 5.11 Å². The van der Waals surface area contributed by atoms with E-state index in [1.54, 1.807) is 0 Å². The lowest BCUT2D eigenvalue weighted by atomic mass is 9.89. The van der Waals surface area contributed by atoms with Crippen LogP contribution in [0.5, 0.6) is 0 Å². The molecular formula is C16H23N3O. The predicted octanol–water partition coefficient (Wildman–Crippen LogP) is 2.80. The quantitative estimate of drug-likeness (QED) is 0.842. The van der Waals surface area contributed by atoms with E-state index in [9.17, 15) is 5.11 Å². The summed E-state index contributed by atoms with van der Waals surface area (Å²) < 4.78 is 1.97. The summed E-state index contributed by atoms with van der Waals surface area (Å²) in [6.07, 6.45) is 7.90. The second-order valence-electron chi connectivity index (χ2n) is 5.83. The largest absolute Gasteiger partial charge is 0.373 e. The zero-order valence-electron chi connectivity index (χ0n) is 12.0. The molecule has 0 amide bonds. The Morgan fingerprint density at radius 2 is 2.15 bits per heavy atom. The molecule has 2 N–H and O–H groups in total. The molecule has 0 aliphatic heterocycles. The Morgan fingerprint density at radius 1 is 1.35 bits per heavy atom. The van der Waals surface area contributed by atoms with Gasteiger partial charge in [-0.05, 0) is 37.8 Å². The van der Waals surface area contributed by atoms with Crippen LogP contribution in [0.25, 0.3) is 5.65 Å². The number of aromatic nitrogens is 2. The van der Waals surface area contributed by atoms with Gasteiger partial charge in [0.15, 0.2) is 0 Å². The average Bonchev–Trinajstić information content (AvgIpc) is 2.82. The molecule has 4 heteroatoms. The van der Waals surface area contributed by atoms with Crippen molar-refractivity contribution in [2.45, 2.75) is 45.3 Å². The minimum atomic E-state index is -0.644. The van der Waals surface area contributed by atoms with Crippen molar-refractivity contribution in [2.24, 2.45) is 5.92 Å². The van der Waals surface area contributed by atoms with E-state index in [-0.39, 0.29) is 0 Å². The summed E-state index contributed by atoms with van der Waals surface area (Å²) in [4.78, 5) is 4.49. The first kappa shape index (κ1) is 13.6. The molecule has 0 aromatic carbocycles. The zero-order chi connectivity index (χ0) is 13.9. The molecule has 4 nitrogen and oxygen atoms in total. The van der Waals surface area contributed by atoms with E-state index < -0.39 is 6.23 Å². The molecule has 1 atom stereocenters. The normalized spacial score (nSPS) is 18.5. The molecule has 0 bridgehead atoms. The summed E-state index contributed by atoms with van der Waals surface area (Å²) in [5.74, 6) is 0.706. The van der Waals surface area contributed by atoms with Gasteiger partial charge in [-0.2, -0.15) is 0 Å². The Kier molecular flexibility index (Phi) is 4.03. The van der Waals surface area contributed by atoms with Crippen LogP contribution >= 0.6 is 0 Å². The van der Waals surface area contributed by atoms with E-state index in [2.05, 4.69) is 10.3 Å². The third-order valence-corrected chi connectivity index (χ3v) is 4.33. The third kappa shape index (κ3) is 2.72. The van der Waals surface area contributed by atoms with Crippen LogP contribution in [0.2, 0.25) is 0 Å². The van der Waals surface area contributed by atoms with Gasteiger partial charge in [-0.15, -0.1) is 0 Å². The van der Waals surface area contributed by atoms with E-state index in [1.165, 1.54) is 32.1 Å². The first-order chi connectivity index (χ1) is 9.75. The van der Waals surface area contributed by atoms with Gasteiger partial charge in [-0.25, -0.2) is 4.98 Å². The van der Waals surface area contributed by atoms with E-state index in [1.807, 2.05) is 35.7 Å². The highest BCUT2D eigenvalue weighted by molar-refractivity contribution is 5.43. The summed E-state index contributed by atoms with van der Waals surface area (Å²) in [5, 5.41) is 13.7. The molecule has 1 aliphatic carbocycles. The van der Waals surface area contributed by atoms with Crippen LogP contribution in [-0.4, -0.2) is 21.0 Å². The highest BCUT2D eigenvalue weighted by Gasteiger charge is 2.19. The standard InChI is InChI=1S/C16H23N3O/c1-12-15(19-10-6-5-9-14(19)18-12)16(20)17-11-13-7-3-2-4-8-13/h5-6,9-10,13,16-17,20H,2-4,7-8,11H2,1H3. The van der Waals surface area contributed by atoms with E-state index in [4.69, 9.17) is 0 Å². The number of pyridine rings is 1. The number of nitrogens with zero attached hydrogens (tertiary/aromatic N) is 2. The molecule has 0 saturated heterocycles. The molecule has 3 rings (SSSR count). The topological polar surface area (TPSA) is 49.6 Å². The predicted molar refractivity (Wildman–Crippen MR) is 79.5 cm³/mol. The highest BCUT2D eigenvalue weighted by atomic mass is 16.3. The maximum absolute atomic E-state index is 10.4. The van der Waals surface area contributed by atoms with Crippen LogP contribution in [0.1, 0.15) is 49.7 Å². The Labute approximate surface area is 119 Å². The minimum absolute atomic E-state index is 0.644. The second kappa shape index (κ2) is 5.94. The fourth-order valence-electron chi connectivity index (χ4n) is 3.23. The smallest absolute Gasteiger partial charge is 0.148 e. The van der Waals surface area contributed by atoms with Crippen molar-refractivity contribution >= 4 is 5.65 Å². The Morgan fingerprint density at radius 3 is 2.95 bits per heavy atom. The Bertz CT molecular complexity index is 572. The van der Waals surface area contributed by atoms with Crippen LogP contribution in [0, 0.1) is 12.8 Å². The maximum Gasteiger partial charge on any atom is 0.148 e. The van der Waals surface area contributed by atoms with Crippen molar-refractivity contribution in [3.8, 4) is 0 Å². The Balaban J connectivity index is 1.71. The fourth-order valence-corrected chi connectivity index (χ4v) is 3.23.